The van der Waals surface area contributed by atoms with Crippen LogP contribution in [-0.4, -0.2) is 45.7 Å². The van der Waals surface area contributed by atoms with E-state index in [1.165, 1.54) is 12.1 Å². The summed E-state index contributed by atoms with van der Waals surface area (Å²) in [5.41, 5.74) is -0.576. The first-order valence-electron chi connectivity index (χ1n) is 5.95. The molecule has 1 unspecified atom stereocenters. The van der Waals surface area contributed by atoms with E-state index in [2.05, 4.69) is 0 Å². The van der Waals surface area contributed by atoms with Gasteiger partial charge < -0.3 is 20.2 Å². The summed E-state index contributed by atoms with van der Waals surface area (Å²) < 4.78 is 0. The van der Waals surface area contributed by atoms with Crippen molar-refractivity contribution in [3.8, 4) is 0 Å². The summed E-state index contributed by atoms with van der Waals surface area (Å²) in [5, 5.41) is 26.9. The Morgan fingerprint density at radius 1 is 1.10 bits per heavy atom. The number of aliphatic carboxylic acids is 1. The molecule has 0 spiro atoms. The van der Waals surface area contributed by atoms with Crippen LogP contribution in [0.1, 0.15) is 27.1 Å². The Labute approximate surface area is 118 Å². The molecule has 1 atom stereocenters. The molecule has 0 radical (unpaired) electrons. The van der Waals surface area contributed by atoms with E-state index in [-0.39, 0.29) is 29.8 Å². The Kier molecular flexibility index (Phi) is 3.62. The first-order chi connectivity index (χ1) is 9.81. The van der Waals surface area contributed by atoms with Crippen LogP contribution in [0.3, 0.4) is 0 Å². The number of carbonyl (C=O) groups excluding carboxylic acids is 1. The normalized spacial score (nSPS) is 17.8. The quantitative estimate of drug-likeness (QED) is 0.737. The van der Waals surface area contributed by atoms with Crippen molar-refractivity contribution in [2.75, 3.05) is 11.4 Å². The number of rotatable bonds is 4. The minimum Gasteiger partial charge on any atom is -0.481 e. The maximum atomic E-state index is 11.8. The number of aromatic carboxylic acids is 2. The number of nitrogens with zero attached hydrogens (tertiary/aromatic N) is 1. The van der Waals surface area contributed by atoms with Crippen LogP contribution in [0.25, 0.3) is 0 Å². The first kappa shape index (κ1) is 14.5. The van der Waals surface area contributed by atoms with Gasteiger partial charge in [0, 0.05) is 13.0 Å². The van der Waals surface area contributed by atoms with Crippen molar-refractivity contribution in [1.29, 1.82) is 0 Å². The lowest BCUT2D eigenvalue weighted by Crippen LogP contribution is -2.27. The number of hydrogen-bond acceptors (Lipinski definition) is 4. The van der Waals surface area contributed by atoms with Gasteiger partial charge >= 0.3 is 17.9 Å². The van der Waals surface area contributed by atoms with Crippen LogP contribution in [0.4, 0.5) is 5.69 Å². The largest absolute Gasteiger partial charge is 0.481 e. The van der Waals surface area contributed by atoms with Crippen molar-refractivity contribution >= 4 is 29.5 Å². The number of amides is 1. The van der Waals surface area contributed by atoms with Crippen molar-refractivity contribution in [3.05, 3.63) is 29.3 Å². The van der Waals surface area contributed by atoms with Gasteiger partial charge in [-0.2, -0.15) is 0 Å². The molecular weight excluding hydrogens is 282 g/mol. The van der Waals surface area contributed by atoms with E-state index in [0.717, 1.165) is 11.0 Å². The smallest absolute Gasteiger partial charge is 0.337 e. The Bertz CT molecular complexity index is 652. The van der Waals surface area contributed by atoms with Crippen molar-refractivity contribution in [2.45, 2.75) is 6.42 Å². The second kappa shape index (κ2) is 5.23. The third-order valence-electron chi connectivity index (χ3n) is 3.24. The highest BCUT2D eigenvalue weighted by Crippen LogP contribution is 2.29. The summed E-state index contributed by atoms with van der Waals surface area (Å²) in [6.45, 7) is -0.138. The monoisotopic (exact) mass is 293 g/mol. The predicted molar refractivity (Wildman–Crippen MR) is 68.5 cm³/mol. The van der Waals surface area contributed by atoms with Crippen LogP contribution in [-0.2, 0) is 9.59 Å². The van der Waals surface area contributed by atoms with Crippen molar-refractivity contribution in [1.82, 2.24) is 0 Å². The lowest BCUT2D eigenvalue weighted by atomic mass is 10.1. The molecule has 8 nitrogen and oxygen atoms in total. The molecule has 1 aromatic rings. The molecule has 8 heteroatoms. The summed E-state index contributed by atoms with van der Waals surface area (Å²) in [4.78, 5) is 45.9. The average Bonchev–Trinajstić information content (AvgIpc) is 2.80. The van der Waals surface area contributed by atoms with Gasteiger partial charge in [-0.3, -0.25) is 9.59 Å². The number of carboxylic acids is 3. The molecule has 21 heavy (non-hydrogen) atoms. The molecular formula is C13H11NO7. The minimum atomic E-state index is -1.39. The van der Waals surface area contributed by atoms with E-state index in [9.17, 15) is 19.2 Å². The summed E-state index contributed by atoms with van der Waals surface area (Å²) in [6.07, 6.45) is -0.213. The molecule has 2 rings (SSSR count). The van der Waals surface area contributed by atoms with Crippen LogP contribution in [0.5, 0.6) is 0 Å². The molecule has 1 aliphatic heterocycles. The highest BCUT2D eigenvalue weighted by molar-refractivity contribution is 6.06. The molecule has 3 N–H and O–H groups in total. The Hall–Kier alpha value is -2.90. The molecule has 0 aromatic heterocycles. The lowest BCUT2D eigenvalue weighted by Gasteiger charge is -2.18. The number of hydrogen-bond donors (Lipinski definition) is 3. The van der Waals surface area contributed by atoms with Gasteiger partial charge in [-0.1, -0.05) is 0 Å². The van der Waals surface area contributed by atoms with E-state index in [1.807, 2.05) is 0 Å². The third-order valence-corrected chi connectivity index (χ3v) is 3.24. The molecule has 0 saturated carbocycles. The molecule has 0 bridgehead atoms. The molecule has 0 aliphatic carbocycles. The Morgan fingerprint density at radius 3 is 2.24 bits per heavy atom. The van der Waals surface area contributed by atoms with E-state index < -0.39 is 29.7 Å². The first-order valence-corrected chi connectivity index (χ1v) is 5.95. The predicted octanol–water partition coefficient (Wildman–Crippen LogP) is 0.520. The highest BCUT2D eigenvalue weighted by atomic mass is 16.4. The summed E-state index contributed by atoms with van der Waals surface area (Å²) in [6, 6.07) is 3.32. The van der Waals surface area contributed by atoms with Crippen LogP contribution < -0.4 is 4.90 Å². The van der Waals surface area contributed by atoms with Gasteiger partial charge in [0.05, 0.1) is 22.7 Å². The molecule has 1 heterocycles. The van der Waals surface area contributed by atoms with Gasteiger partial charge in [0.1, 0.15) is 0 Å². The lowest BCUT2D eigenvalue weighted by molar-refractivity contribution is -0.141. The second-order valence-corrected chi connectivity index (χ2v) is 4.59. The molecule has 1 saturated heterocycles. The number of carbonyl (C=O) groups is 4. The van der Waals surface area contributed by atoms with Crippen LogP contribution in [0, 0.1) is 5.92 Å². The number of carboxylic acid groups (broad SMARTS) is 3. The van der Waals surface area contributed by atoms with Gasteiger partial charge in [-0.15, -0.1) is 0 Å². The fraction of sp³-hybridized carbons (Fsp3) is 0.231. The van der Waals surface area contributed by atoms with Gasteiger partial charge in [0.15, 0.2) is 0 Å². The average molecular weight is 293 g/mol. The van der Waals surface area contributed by atoms with E-state index in [4.69, 9.17) is 15.3 Å². The fourth-order valence-electron chi connectivity index (χ4n) is 2.18. The van der Waals surface area contributed by atoms with Crippen LogP contribution in [0.2, 0.25) is 0 Å². The SMILES string of the molecule is O=C(O)c1ccc(N2CC(C(=O)O)CC2=O)c(C(=O)O)c1. The molecule has 1 fully saturated rings. The van der Waals surface area contributed by atoms with Crippen LogP contribution in [0.15, 0.2) is 18.2 Å². The van der Waals surface area contributed by atoms with Gasteiger partial charge in [-0.05, 0) is 18.2 Å². The van der Waals surface area contributed by atoms with Crippen molar-refractivity contribution in [2.24, 2.45) is 5.92 Å². The van der Waals surface area contributed by atoms with E-state index in [1.54, 1.807) is 0 Å². The van der Waals surface area contributed by atoms with Crippen LogP contribution >= 0.6 is 0 Å². The standard InChI is InChI=1S/C13H11NO7/c15-10-4-7(12(18)19)5-14(10)9-2-1-6(11(16)17)3-8(9)13(20)21/h1-3,7H,4-5H2,(H,16,17)(H,18,19)(H,20,21). The zero-order valence-corrected chi connectivity index (χ0v) is 10.6. The Balaban J connectivity index is 2.44. The highest BCUT2D eigenvalue weighted by Gasteiger charge is 2.36. The zero-order chi connectivity index (χ0) is 15.7. The summed E-state index contributed by atoms with van der Waals surface area (Å²) in [7, 11) is 0. The van der Waals surface area contributed by atoms with Gasteiger partial charge in [0.2, 0.25) is 5.91 Å². The fourth-order valence-corrected chi connectivity index (χ4v) is 2.18. The molecule has 110 valence electrons. The maximum absolute atomic E-state index is 11.8. The molecule has 1 aromatic carbocycles. The maximum Gasteiger partial charge on any atom is 0.337 e. The minimum absolute atomic E-state index is 0.00116. The molecule has 1 amide bonds. The Morgan fingerprint density at radius 2 is 1.76 bits per heavy atom. The molecule has 1 aliphatic rings. The second-order valence-electron chi connectivity index (χ2n) is 4.59. The van der Waals surface area contributed by atoms with Gasteiger partial charge in [0.25, 0.3) is 0 Å². The summed E-state index contributed by atoms with van der Waals surface area (Å²) >= 11 is 0. The van der Waals surface area contributed by atoms with Gasteiger partial charge in [-0.25, -0.2) is 9.59 Å². The third kappa shape index (κ3) is 2.69. The van der Waals surface area contributed by atoms with E-state index in [0.29, 0.717) is 0 Å². The van der Waals surface area contributed by atoms with Crippen molar-refractivity contribution < 1.29 is 34.5 Å². The number of benzene rings is 1. The zero-order valence-electron chi connectivity index (χ0n) is 10.6. The summed E-state index contributed by atoms with van der Waals surface area (Å²) in [5.74, 6) is -5.23. The van der Waals surface area contributed by atoms with E-state index >= 15 is 0 Å². The van der Waals surface area contributed by atoms with Crippen molar-refractivity contribution in [3.63, 3.8) is 0 Å². The topological polar surface area (TPSA) is 132 Å². The number of anilines is 1.